The predicted octanol–water partition coefficient (Wildman–Crippen LogP) is 3.44. The maximum atomic E-state index is 12.4. The van der Waals surface area contributed by atoms with Crippen LogP contribution in [0.4, 0.5) is 11.4 Å². The summed E-state index contributed by atoms with van der Waals surface area (Å²) in [4.78, 5) is 23.0. The third-order valence-corrected chi connectivity index (χ3v) is 5.22. The number of amides is 1. The number of methoxy groups -OCH3 is 1. The average Bonchev–Trinajstić information content (AvgIpc) is 3.20. The zero-order chi connectivity index (χ0) is 21.8. The zero-order valence-corrected chi connectivity index (χ0v) is 17.1. The molecular weight excluding hydrogens is 420 g/mol. The predicted molar refractivity (Wildman–Crippen MR) is 115 cm³/mol. The van der Waals surface area contributed by atoms with Gasteiger partial charge in [-0.3, -0.25) is 14.9 Å². The van der Waals surface area contributed by atoms with Crippen LogP contribution in [0.15, 0.2) is 65.8 Å². The Morgan fingerprint density at radius 1 is 1.16 bits per heavy atom. The van der Waals surface area contributed by atoms with E-state index >= 15 is 0 Å². The Balaban J connectivity index is 1.52. The zero-order valence-electron chi connectivity index (χ0n) is 16.3. The number of hydrogen-bond donors (Lipinski definition) is 1. The number of carbonyl (C=O) groups excluding carboxylic acids is 1. The number of aromatic nitrogens is 4. The van der Waals surface area contributed by atoms with Gasteiger partial charge in [0.25, 0.3) is 5.69 Å². The van der Waals surface area contributed by atoms with E-state index in [-0.39, 0.29) is 17.3 Å². The molecule has 31 heavy (non-hydrogen) atoms. The second-order valence-electron chi connectivity index (χ2n) is 6.32. The summed E-state index contributed by atoms with van der Waals surface area (Å²) in [5.74, 6) is 0.416. The molecule has 0 fully saturated rings. The van der Waals surface area contributed by atoms with Crippen molar-refractivity contribution >= 4 is 34.7 Å². The summed E-state index contributed by atoms with van der Waals surface area (Å²) in [7, 11) is 1.53. The van der Waals surface area contributed by atoms with Crippen LogP contribution < -0.4 is 10.1 Å². The maximum absolute atomic E-state index is 12.4. The Bertz CT molecular complexity index is 1280. The van der Waals surface area contributed by atoms with Gasteiger partial charge >= 0.3 is 0 Å². The number of nitro groups is 1. The van der Waals surface area contributed by atoms with Gasteiger partial charge in [-0.25, -0.2) is 0 Å². The van der Waals surface area contributed by atoms with Crippen LogP contribution in [0.5, 0.6) is 5.75 Å². The van der Waals surface area contributed by atoms with Gasteiger partial charge in [0.2, 0.25) is 11.1 Å². The van der Waals surface area contributed by atoms with Crippen LogP contribution in [0.2, 0.25) is 0 Å². The Hall–Kier alpha value is -3.99. The summed E-state index contributed by atoms with van der Waals surface area (Å²) in [5.41, 5.74) is 2.17. The smallest absolute Gasteiger partial charge is 0.270 e. The van der Waals surface area contributed by atoms with E-state index in [1.165, 1.54) is 35.5 Å². The molecule has 0 aliphatic rings. The molecule has 156 valence electrons. The number of anilines is 1. The fourth-order valence-electron chi connectivity index (χ4n) is 2.86. The highest BCUT2D eigenvalue weighted by Crippen LogP contribution is 2.25. The Kier molecular flexibility index (Phi) is 5.76. The largest absolute Gasteiger partial charge is 0.495 e. The monoisotopic (exact) mass is 436 g/mol. The van der Waals surface area contributed by atoms with Crippen molar-refractivity contribution in [1.29, 1.82) is 0 Å². The van der Waals surface area contributed by atoms with E-state index in [9.17, 15) is 14.9 Å². The van der Waals surface area contributed by atoms with E-state index in [1.807, 2.05) is 6.07 Å². The highest BCUT2D eigenvalue weighted by atomic mass is 32.2. The molecule has 0 bridgehead atoms. The van der Waals surface area contributed by atoms with Crippen molar-refractivity contribution in [2.45, 2.75) is 5.16 Å². The minimum atomic E-state index is -0.456. The van der Waals surface area contributed by atoms with Gasteiger partial charge in [-0.1, -0.05) is 36.0 Å². The van der Waals surface area contributed by atoms with Crippen LogP contribution in [-0.4, -0.2) is 43.5 Å². The van der Waals surface area contributed by atoms with E-state index < -0.39 is 4.92 Å². The summed E-state index contributed by atoms with van der Waals surface area (Å²) in [6.07, 6.45) is 0. The summed E-state index contributed by atoms with van der Waals surface area (Å²) >= 11 is 1.18. The molecule has 2 heterocycles. The molecule has 0 aliphatic heterocycles. The third-order valence-electron chi connectivity index (χ3n) is 4.30. The van der Waals surface area contributed by atoms with Crippen molar-refractivity contribution in [2.24, 2.45) is 0 Å². The van der Waals surface area contributed by atoms with Gasteiger partial charge in [-0.05, 0) is 24.3 Å². The quantitative estimate of drug-likeness (QED) is 0.265. The van der Waals surface area contributed by atoms with Crippen LogP contribution in [0.25, 0.3) is 16.9 Å². The minimum Gasteiger partial charge on any atom is -0.495 e. The molecule has 0 saturated heterocycles. The fraction of sp³-hybridized carbons (Fsp3) is 0.100. The molecule has 0 saturated carbocycles. The Morgan fingerprint density at radius 3 is 2.81 bits per heavy atom. The molecule has 1 N–H and O–H groups in total. The van der Waals surface area contributed by atoms with E-state index in [2.05, 4.69) is 20.6 Å². The topological polar surface area (TPSA) is 125 Å². The van der Waals surface area contributed by atoms with Gasteiger partial charge < -0.3 is 10.1 Å². The summed E-state index contributed by atoms with van der Waals surface area (Å²) in [6, 6.07) is 16.8. The standard InChI is InChI=1S/C20H16N6O4S/c1-30-17-8-3-2-7-16(17)21-19(27)12-31-20-23-22-18-10-9-15(24-25(18)20)13-5-4-6-14(11-13)26(28)29/h2-11H,12H2,1H3,(H,21,27). The molecule has 0 atom stereocenters. The number of carbonyl (C=O) groups is 1. The van der Waals surface area contributed by atoms with Gasteiger partial charge in [-0.15, -0.1) is 10.2 Å². The van der Waals surface area contributed by atoms with Gasteiger partial charge in [0.15, 0.2) is 5.65 Å². The maximum Gasteiger partial charge on any atom is 0.270 e. The Morgan fingerprint density at radius 2 is 2.00 bits per heavy atom. The van der Waals surface area contributed by atoms with Crippen molar-refractivity contribution in [3.8, 4) is 17.0 Å². The van der Waals surface area contributed by atoms with Crippen molar-refractivity contribution in [1.82, 2.24) is 19.8 Å². The highest BCUT2D eigenvalue weighted by molar-refractivity contribution is 7.99. The molecule has 0 spiro atoms. The van der Waals surface area contributed by atoms with Gasteiger partial charge in [0, 0.05) is 17.7 Å². The number of fused-ring (bicyclic) bond motifs is 1. The van der Waals surface area contributed by atoms with Crippen LogP contribution in [0.1, 0.15) is 0 Å². The first-order chi connectivity index (χ1) is 15.0. The molecule has 0 radical (unpaired) electrons. The highest BCUT2D eigenvalue weighted by Gasteiger charge is 2.14. The van der Waals surface area contributed by atoms with Crippen molar-refractivity contribution in [3.63, 3.8) is 0 Å². The lowest BCUT2D eigenvalue weighted by Gasteiger charge is -2.09. The molecule has 4 rings (SSSR count). The number of hydrogen-bond acceptors (Lipinski definition) is 8. The van der Waals surface area contributed by atoms with Crippen LogP contribution in [-0.2, 0) is 4.79 Å². The van der Waals surface area contributed by atoms with Crippen molar-refractivity contribution in [3.05, 3.63) is 70.8 Å². The third kappa shape index (κ3) is 4.46. The van der Waals surface area contributed by atoms with Gasteiger partial charge in [-0.2, -0.15) is 9.61 Å². The molecule has 10 nitrogen and oxygen atoms in total. The number of non-ortho nitro benzene ring substituents is 1. The average molecular weight is 436 g/mol. The van der Waals surface area contributed by atoms with Crippen LogP contribution >= 0.6 is 11.8 Å². The normalized spacial score (nSPS) is 10.7. The molecule has 2 aromatic heterocycles. The second kappa shape index (κ2) is 8.79. The molecule has 0 aliphatic carbocycles. The van der Waals surface area contributed by atoms with E-state index in [4.69, 9.17) is 4.74 Å². The number of nitrogens with one attached hydrogen (secondary N) is 1. The van der Waals surface area contributed by atoms with E-state index in [0.717, 1.165) is 0 Å². The lowest BCUT2D eigenvalue weighted by Crippen LogP contribution is -2.15. The second-order valence-corrected chi connectivity index (χ2v) is 7.26. The number of ether oxygens (including phenoxy) is 1. The first-order valence-corrected chi connectivity index (χ1v) is 10.1. The number of para-hydroxylation sites is 2. The first-order valence-electron chi connectivity index (χ1n) is 9.08. The number of rotatable bonds is 7. The van der Waals surface area contributed by atoms with Gasteiger partial charge in [0.1, 0.15) is 5.75 Å². The van der Waals surface area contributed by atoms with Gasteiger partial charge in [0.05, 0.1) is 29.2 Å². The minimum absolute atomic E-state index is 0.0224. The number of benzene rings is 2. The Labute approximate surface area is 180 Å². The number of thioether (sulfide) groups is 1. The lowest BCUT2D eigenvalue weighted by atomic mass is 10.1. The number of nitrogens with zero attached hydrogens (tertiary/aromatic N) is 5. The summed E-state index contributed by atoms with van der Waals surface area (Å²) < 4.78 is 6.74. The van der Waals surface area contributed by atoms with Crippen molar-refractivity contribution in [2.75, 3.05) is 18.2 Å². The summed E-state index contributed by atoms with van der Waals surface area (Å²) in [5, 5.41) is 26.9. The molecule has 4 aromatic rings. The number of nitro benzene ring substituents is 1. The van der Waals surface area contributed by atoms with E-state index in [0.29, 0.717) is 33.5 Å². The molecule has 0 unspecified atom stereocenters. The molecule has 1 amide bonds. The van der Waals surface area contributed by atoms with E-state index in [1.54, 1.807) is 42.5 Å². The van der Waals surface area contributed by atoms with Crippen molar-refractivity contribution < 1.29 is 14.5 Å². The lowest BCUT2D eigenvalue weighted by molar-refractivity contribution is -0.384. The molecule has 11 heteroatoms. The first kappa shape index (κ1) is 20.3. The van der Waals surface area contributed by atoms with Crippen LogP contribution in [0.3, 0.4) is 0 Å². The summed E-state index contributed by atoms with van der Waals surface area (Å²) in [6.45, 7) is 0. The SMILES string of the molecule is COc1ccccc1NC(=O)CSc1nnc2ccc(-c3cccc([N+](=O)[O-])c3)nn12. The van der Waals surface area contributed by atoms with Crippen LogP contribution in [0, 0.1) is 10.1 Å². The molecule has 2 aromatic carbocycles. The molecular formula is C20H16N6O4S. The fourth-order valence-corrected chi connectivity index (χ4v) is 3.54.